The number of likely N-dealkylation sites (tertiary alicyclic amines) is 1. The predicted octanol–water partition coefficient (Wildman–Crippen LogP) is 4.58. The van der Waals surface area contributed by atoms with Crippen molar-refractivity contribution in [3.63, 3.8) is 0 Å². The van der Waals surface area contributed by atoms with E-state index in [1.807, 2.05) is 48.5 Å². The number of nitrogens with one attached hydrogen (secondary N) is 1. The predicted molar refractivity (Wildman–Crippen MR) is 131 cm³/mol. The van der Waals surface area contributed by atoms with Gasteiger partial charge in [-0.05, 0) is 48.6 Å². The van der Waals surface area contributed by atoms with Crippen molar-refractivity contribution in [1.82, 2.24) is 10.2 Å². The number of Topliss-reactive ketones (excluding diaryl/α,β-unsaturated/α-hetero) is 1. The van der Waals surface area contributed by atoms with E-state index in [2.05, 4.69) is 17.4 Å². The molecule has 0 saturated carbocycles. The fraction of sp³-hybridized carbons (Fsp3) is 0.500. The largest absolute Gasteiger partial charge is 0.445 e. The van der Waals surface area contributed by atoms with Crippen molar-refractivity contribution in [2.75, 3.05) is 26.2 Å². The Morgan fingerprint density at radius 3 is 2.09 bits per heavy atom. The van der Waals surface area contributed by atoms with E-state index < -0.39 is 0 Å². The van der Waals surface area contributed by atoms with Gasteiger partial charge in [-0.3, -0.25) is 4.79 Å². The summed E-state index contributed by atoms with van der Waals surface area (Å²) < 4.78 is 11.3. The summed E-state index contributed by atoms with van der Waals surface area (Å²) in [5.41, 5.74) is 2.18. The Hall–Kier alpha value is -2.70. The molecule has 0 aromatic heterocycles. The third kappa shape index (κ3) is 7.40. The second kappa shape index (κ2) is 12.7. The zero-order chi connectivity index (χ0) is 23.6. The molecule has 2 aliphatic rings. The van der Waals surface area contributed by atoms with Gasteiger partial charge in [0.1, 0.15) is 12.4 Å². The number of ether oxygens (including phenoxy) is 2. The van der Waals surface area contributed by atoms with Gasteiger partial charge in [0.15, 0.2) is 0 Å². The Morgan fingerprint density at radius 1 is 0.824 bits per heavy atom. The van der Waals surface area contributed by atoms with E-state index in [4.69, 9.17) is 9.47 Å². The van der Waals surface area contributed by atoms with Crippen molar-refractivity contribution in [2.45, 2.75) is 51.4 Å². The van der Waals surface area contributed by atoms with Gasteiger partial charge in [0.2, 0.25) is 0 Å². The van der Waals surface area contributed by atoms with Gasteiger partial charge >= 0.3 is 6.09 Å². The lowest BCUT2D eigenvalue weighted by molar-refractivity contribution is -0.123. The van der Waals surface area contributed by atoms with Gasteiger partial charge in [-0.1, -0.05) is 60.7 Å². The fourth-order valence-electron chi connectivity index (χ4n) is 4.81. The lowest BCUT2D eigenvalue weighted by Crippen LogP contribution is -2.46. The molecule has 4 rings (SSSR count). The molecule has 0 spiro atoms. The summed E-state index contributed by atoms with van der Waals surface area (Å²) >= 11 is 0. The number of piperidine rings is 2. The van der Waals surface area contributed by atoms with Crippen LogP contribution in [0.2, 0.25) is 0 Å². The number of ketones is 1. The van der Waals surface area contributed by atoms with Gasteiger partial charge in [-0.15, -0.1) is 0 Å². The molecule has 2 atom stereocenters. The highest BCUT2D eigenvalue weighted by Crippen LogP contribution is 2.24. The van der Waals surface area contributed by atoms with Gasteiger partial charge in [-0.2, -0.15) is 0 Å². The molecule has 0 radical (unpaired) electrons. The molecule has 0 unspecified atom stereocenters. The molecule has 6 heteroatoms. The smallest absolute Gasteiger partial charge is 0.410 e. The Morgan fingerprint density at radius 2 is 1.47 bits per heavy atom. The minimum Gasteiger partial charge on any atom is -0.445 e. The highest BCUT2D eigenvalue weighted by Gasteiger charge is 2.30. The average molecular weight is 465 g/mol. The second-order valence-corrected chi connectivity index (χ2v) is 9.55. The van der Waals surface area contributed by atoms with Crippen LogP contribution in [-0.2, 0) is 27.5 Å². The summed E-state index contributed by atoms with van der Waals surface area (Å²) in [6.07, 6.45) is 3.94. The van der Waals surface area contributed by atoms with Crippen molar-refractivity contribution < 1.29 is 19.1 Å². The van der Waals surface area contributed by atoms with Crippen molar-refractivity contribution in [3.8, 4) is 0 Å². The van der Waals surface area contributed by atoms with Crippen LogP contribution in [0.4, 0.5) is 4.79 Å². The summed E-state index contributed by atoms with van der Waals surface area (Å²) in [6.45, 7) is 3.80. The van der Waals surface area contributed by atoms with Crippen LogP contribution in [0.5, 0.6) is 0 Å². The Balaban J connectivity index is 1.09. The van der Waals surface area contributed by atoms with E-state index in [0.29, 0.717) is 50.3 Å². The van der Waals surface area contributed by atoms with Crippen LogP contribution in [0.25, 0.3) is 0 Å². The fourth-order valence-corrected chi connectivity index (χ4v) is 4.81. The first kappa shape index (κ1) is 24.4. The normalized spacial score (nSPS) is 21.2. The third-order valence-electron chi connectivity index (χ3n) is 6.94. The lowest BCUT2D eigenvalue weighted by atomic mass is 9.86. The molecule has 2 heterocycles. The van der Waals surface area contributed by atoms with E-state index >= 15 is 0 Å². The van der Waals surface area contributed by atoms with Crippen LogP contribution in [0.1, 0.15) is 43.2 Å². The summed E-state index contributed by atoms with van der Waals surface area (Å²) in [6, 6.07) is 19.9. The van der Waals surface area contributed by atoms with E-state index in [0.717, 1.165) is 44.4 Å². The number of hydrogen-bond donors (Lipinski definition) is 1. The van der Waals surface area contributed by atoms with Crippen LogP contribution >= 0.6 is 0 Å². The first-order valence-corrected chi connectivity index (χ1v) is 12.5. The highest BCUT2D eigenvalue weighted by molar-refractivity contribution is 5.84. The van der Waals surface area contributed by atoms with Gasteiger partial charge in [0.05, 0.1) is 19.3 Å². The maximum Gasteiger partial charge on any atom is 0.410 e. The zero-order valence-electron chi connectivity index (χ0n) is 19.9. The maximum absolute atomic E-state index is 12.8. The molecule has 2 aromatic carbocycles. The molecule has 2 fully saturated rings. The minimum absolute atomic E-state index is 0.0424. The number of nitrogens with zero attached hydrogens (tertiary/aromatic N) is 1. The molecule has 2 aliphatic heterocycles. The standard InChI is InChI=1S/C28H36N2O4/c31-27(26-12-11-25(18-29-26)20-33-19-23-7-3-1-4-8-23)17-22-13-15-30(16-14-22)28(32)34-21-24-9-5-2-6-10-24/h1-10,22,25-26,29H,11-21H2/t25-,26+/m1/s1. The Labute approximate surface area is 202 Å². The third-order valence-corrected chi connectivity index (χ3v) is 6.94. The van der Waals surface area contributed by atoms with Gasteiger partial charge < -0.3 is 19.7 Å². The molecule has 2 aromatic rings. The SMILES string of the molecule is O=C(CC1CCN(C(=O)OCc2ccccc2)CC1)[C@@H]1CC[C@@H](COCc2ccccc2)CN1. The van der Waals surface area contributed by atoms with Crippen molar-refractivity contribution >= 4 is 11.9 Å². The molecule has 2 saturated heterocycles. The molecule has 1 amide bonds. The summed E-state index contributed by atoms with van der Waals surface area (Å²) in [4.78, 5) is 27.0. The number of amides is 1. The van der Waals surface area contributed by atoms with Crippen LogP contribution in [-0.4, -0.2) is 49.1 Å². The van der Waals surface area contributed by atoms with Crippen molar-refractivity contribution in [3.05, 3.63) is 71.8 Å². The minimum atomic E-state index is -0.261. The molecule has 0 bridgehead atoms. The van der Waals surface area contributed by atoms with E-state index in [9.17, 15) is 9.59 Å². The molecule has 6 nitrogen and oxygen atoms in total. The summed E-state index contributed by atoms with van der Waals surface area (Å²) in [7, 11) is 0. The van der Waals surface area contributed by atoms with Crippen LogP contribution < -0.4 is 5.32 Å². The number of rotatable bonds is 9. The number of carbonyl (C=O) groups excluding carboxylic acids is 2. The van der Waals surface area contributed by atoms with Crippen LogP contribution in [0.15, 0.2) is 60.7 Å². The molecule has 1 N–H and O–H groups in total. The zero-order valence-corrected chi connectivity index (χ0v) is 19.9. The maximum atomic E-state index is 12.8. The molecular weight excluding hydrogens is 428 g/mol. The van der Waals surface area contributed by atoms with Gasteiger partial charge in [0, 0.05) is 26.1 Å². The quantitative estimate of drug-likeness (QED) is 0.588. The number of carbonyl (C=O) groups is 2. The van der Waals surface area contributed by atoms with Gasteiger partial charge in [0.25, 0.3) is 0 Å². The summed E-state index contributed by atoms with van der Waals surface area (Å²) in [5.74, 6) is 1.12. The Bertz CT molecular complexity index is 889. The topological polar surface area (TPSA) is 67.9 Å². The Kier molecular flexibility index (Phi) is 9.11. The average Bonchev–Trinajstić information content (AvgIpc) is 2.89. The second-order valence-electron chi connectivity index (χ2n) is 9.55. The van der Waals surface area contributed by atoms with Crippen molar-refractivity contribution in [1.29, 1.82) is 0 Å². The molecule has 34 heavy (non-hydrogen) atoms. The molecule has 0 aliphatic carbocycles. The van der Waals surface area contributed by atoms with E-state index in [-0.39, 0.29) is 12.1 Å². The van der Waals surface area contributed by atoms with E-state index in [1.165, 1.54) is 5.56 Å². The first-order chi connectivity index (χ1) is 16.7. The first-order valence-electron chi connectivity index (χ1n) is 12.5. The van der Waals surface area contributed by atoms with Crippen LogP contribution in [0, 0.1) is 11.8 Å². The van der Waals surface area contributed by atoms with E-state index in [1.54, 1.807) is 4.90 Å². The number of benzene rings is 2. The summed E-state index contributed by atoms with van der Waals surface area (Å²) in [5, 5.41) is 3.45. The highest BCUT2D eigenvalue weighted by atomic mass is 16.6. The van der Waals surface area contributed by atoms with Crippen molar-refractivity contribution in [2.24, 2.45) is 11.8 Å². The molecular formula is C28H36N2O4. The monoisotopic (exact) mass is 464 g/mol. The van der Waals surface area contributed by atoms with Crippen LogP contribution in [0.3, 0.4) is 0 Å². The molecule has 182 valence electrons. The lowest BCUT2D eigenvalue weighted by Gasteiger charge is -2.33. The van der Waals surface area contributed by atoms with Gasteiger partial charge in [-0.25, -0.2) is 4.79 Å². The number of hydrogen-bond acceptors (Lipinski definition) is 5.